The number of aryl methyl sites for hydroxylation is 1. The average molecular weight is 485 g/mol. The molecule has 1 saturated heterocycles. The quantitative estimate of drug-likeness (QED) is 0.401. The van der Waals surface area contributed by atoms with Gasteiger partial charge in [0.05, 0.1) is 36.1 Å². The Morgan fingerprint density at radius 2 is 1.83 bits per heavy atom. The molecule has 36 heavy (non-hydrogen) atoms. The molecule has 2 heterocycles. The van der Waals surface area contributed by atoms with Crippen LogP contribution in [0.3, 0.4) is 0 Å². The Morgan fingerprint density at radius 1 is 1.06 bits per heavy atom. The molecular weight excluding hydrogens is 455 g/mol. The van der Waals surface area contributed by atoms with Crippen molar-refractivity contribution in [3.63, 3.8) is 0 Å². The van der Waals surface area contributed by atoms with Crippen molar-refractivity contribution in [1.82, 2.24) is 19.8 Å². The molecular formula is C29H29FN4O2. The molecule has 6 nitrogen and oxygen atoms in total. The van der Waals surface area contributed by atoms with Gasteiger partial charge in [-0.05, 0) is 42.3 Å². The fourth-order valence-electron chi connectivity index (χ4n) is 4.55. The van der Waals surface area contributed by atoms with Crippen LogP contribution in [0.1, 0.15) is 21.5 Å². The van der Waals surface area contributed by atoms with Crippen molar-refractivity contribution in [2.75, 3.05) is 40.4 Å². The molecule has 3 aromatic carbocycles. The van der Waals surface area contributed by atoms with E-state index in [1.54, 1.807) is 31.3 Å². The Kier molecular flexibility index (Phi) is 6.76. The highest BCUT2D eigenvalue weighted by Crippen LogP contribution is 2.30. The second-order valence-corrected chi connectivity index (χ2v) is 9.35. The van der Waals surface area contributed by atoms with Gasteiger partial charge in [-0.15, -0.1) is 0 Å². The van der Waals surface area contributed by atoms with Gasteiger partial charge in [-0.1, -0.05) is 30.3 Å². The number of rotatable bonds is 5. The predicted octanol–water partition coefficient (Wildman–Crippen LogP) is 4.95. The summed E-state index contributed by atoms with van der Waals surface area (Å²) in [5, 5.41) is 0. The van der Waals surface area contributed by atoms with Crippen LogP contribution >= 0.6 is 0 Å². The molecule has 0 atom stereocenters. The third kappa shape index (κ3) is 4.85. The molecule has 1 aliphatic heterocycles. The van der Waals surface area contributed by atoms with E-state index in [2.05, 4.69) is 9.88 Å². The summed E-state index contributed by atoms with van der Waals surface area (Å²) in [5.41, 5.74) is 6.82. The number of carbonyl (C=O) groups excluding carboxylic acids is 1. The van der Waals surface area contributed by atoms with E-state index in [1.807, 2.05) is 55.5 Å². The molecule has 0 spiro atoms. The van der Waals surface area contributed by atoms with Crippen molar-refractivity contribution in [3.05, 3.63) is 83.3 Å². The van der Waals surface area contributed by atoms with E-state index in [0.29, 0.717) is 42.1 Å². The molecule has 184 valence electrons. The molecule has 1 aromatic heterocycles. The van der Waals surface area contributed by atoms with E-state index >= 15 is 4.39 Å². The second-order valence-electron chi connectivity index (χ2n) is 9.35. The molecule has 4 aromatic rings. The number of ether oxygens (including phenoxy) is 1. The highest BCUT2D eigenvalue weighted by Gasteiger charge is 2.16. The van der Waals surface area contributed by atoms with E-state index < -0.39 is 0 Å². The summed E-state index contributed by atoms with van der Waals surface area (Å²) >= 11 is 0. The maximum absolute atomic E-state index is 15.1. The number of morpholine rings is 1. The van der Waals surface area contributed by atoms with Crippen LogP contribution in [0.5, 0.6) is 0 Å². The minimum absolute atomic E-state index is 0.0370. The van der Waals surface area contributed by atoms with E-state index in [1.165, 1.54) is 0 Å². The molecule has 1 fully saturated rings. The molecule has 7 heteroatoms. The van der Waals surface area contributed by atoms with Crippen LogP contribution in [-0.2, 0) is 11.3 Å². The standard InChI is InChI=1S/C29H29FN4O2/c1-19-15-21(9-10-23(19)29(35)33(2)3)27-17-31-26-6-4-5-24(28(26)32-27)20-7-8-22(25(30)16-20)18-34-11-13-36-14-12-34/h4-10,15-17H,11-14,18H2,1-3H3. The lowest BCUT2D eigenvalue weighted by atomic mass is 10.0. The summed E-state index contributed by atoms with van der Waals surface area (Å²) in [7, 11) is 3.48. The normalized spacial score (nSPS) is 14.2. The third-order valence-corrected chi connectivity index (χ3v) is 6.59. The Morgan fingerprint density at radius 3 is 2.56 bits per heavy atom. The van der Waals surface area contributed by atoms with Crippen molar-refractivity contribution in [3.8, 4) is 22.4 Å². The topological polar surface area (TPSA) is 58.6 Å². The Hall–Kier alpha value is -3.68. The van der Waals surface area contributed by atoms with Gasteiger partial charge in [0.15, 0.2) is 0 Å². The maximum Gasteiger partial charge on any atom is 0.253 e. The van der Waals surface area contributed by atoms with Gasteiger partial charge >= 0.3 is 0 Å². The number of carbonyl (C=O) groups is 1. The molecule has 0 saturated carbocycles. The van der Waals surface area contributed by atoms with E-state index in [0.717, 1.165) is 40.9 Å². The van der Waals surface area contributed by atoms with Crippen LogP contribution in [0.15, 0.2) is 60.8 Å². The van der Waals surface area contributed by atoms with Crippen molar-refractivity contribution in [2.24, 2.45) is 0 Å². The summed E-state index contributed by atoms with van der Waals surface area (Å²) in [5.74, 6) is -0.262. The Labute approximate surface area is 210 Å². The zero-order valence-electron chi connectivity index (χ0n) is 20.8. The monoisotopic (exact) mass is 484 g/mol. The number of benzene rings is 3. The zero-order valence-corrected chi connectivity index (χ0v) is 20.8. The lowest BCUT2D eigenvalue weighted by Gasteiger charge is -2.26. The van der Waals surface area contributed by atoms with Crippen LogP contribution in [-0.4, -0.2) is 66.1 Å². The number of hydrogen-bond acceptors (Lipinski definition) is 5. The van der Waals surface area contributed by atoms with Gasteiger partial charge in [-0.2, -0.15) is 0 Å². The first-order chi connectivity index (χ1) is 17.4. The summed E-state index contributed by atoms with van der Waals surface area (Å²) in [4.78, 5) is 25.7. The summed E-state index contributed by atoms with van der Waals surface area (Å²) in [6, 6.07) is 16.8. The summed E-state index contributed by atoms with van der Waals surface area (Å²) < 4.78 is 20.5. The fraction of sp³-hybridized carbons (Fsp3) is 0.276. The number of nitrogens with zero attached hydrogens (tertiary/aromatic N) is 4. The van der Waals surface area contributed by atoms with Crippen molar-refractivity contribution >= 4 is 16.9 Å². The Balaban J connectivity index is 1.49. The van der Waals surface area contributed by atoms with Crippen LogP contribution in [0.4, 0.5) is 4.39 Å². The lowest BCUT2D eigenvalue weighted by Crippen LogP contribution is -2.35. The van der Waals surface area contributed by atoms with Gasteiger partial charge in [-0.25, -0.2) is 9.37 Å². The first-order valence-electron chi connectivity index (χ1n) is 12.1. The number of halogens is 1. The smallest absolute Gasteiger partial charge is 0.253 e. The number of aromatic nitrogens is 2. The Bertz CT molecular complexity index is 1430. The number of fused-ring (bicyclic) bond motifs is 1. The highest BCUT2D eigenvalue weighted by atomic mass is 19.1. The van der Waals surface area contributed by atoms with Gasteiger partial charge in [-0.3, -0.25) is 14.7 Å². The van der Waals surface area contributed by atoms with Crippen LogP contribution in [0.25, 0.3) is 33.4 Å². The van der Waals surface area contributed by atoms with Gasteiger partial charge in [0, 0.05) is 56.0 Å². The van der Waals surface area contributed by atoms with Gasteiger partial charge in [0.25, 0.3) is 5.91 Å². The molecule has 0 aliphatic carbocycles. The molecule has 0 N–H and O–H groups in total. The zero-order chi connectivity index (χ0) is 25.2. The molecule has 1 amide bonds. The highest BCUT2D eigenvalue weighted by molar-refractivity contribution is 5.96. The first kappa shape index (κ1) is 24.0. The number of amides is 1. The predicted molar refractivity (Wildman–Crippen MR) is 139 cm³/mol. The first-order valence-corrected chi connectivity index (χ1v) is 12.1. The molecule has 0 unspecified atom stereocenters. The average Bonchev–Trinajstić information content (AvgIpc) is 2.89. The van der Waals surface area contributed by atoms with E-state index in [-0.39, 0.29) is 11.7 Å². The summed E-state index contributed by atoms with van der Waals surface area (Å²) in [6.07, 6.45) is 1.74. The van der Waals surface area contributed by atoms with E-state index in [9.17, 15) is 4.79 Å². The minimum Gasteiger partial charge on any atom is -0.379 e. The second kappa shape index (κ2) is 10.1. The maximum atomic E-state index is 15.1. The molecule has 0 bridgehead atoms. The van der Waals surface area contributed by atoms with Crippen LogP contribution in [0.2, 0.25) is 0 Å². The van der Waals surface area contributed by atoms with Gasteiger partial charge < -0.3 is 9.64 Å². The molecule has 1 aliphatic rings. The molecule has 5 rings (SSSR count). The molecule has 0 radical (unpaired) electrons. The minimum atomic E-state index is -0.225. The lowest BCUT2D eigenvalue weighted by molar-refractivity contribution is 0.0337. The van der Waals surface area contributed by atoms with Gasteiger partial charge in [0.1, 0.15) is 5.82 Å². The van der Waals surface area contributed by atoms with Crippen molar-refractivity contribution in [2.45, 2.75) is 13.5 Å². The van der Waals surface area contributed by atoms with Gasteiger partial charge in [0.2, 0.25) is 0 Å². The number of hydrogen-bond donors (Lipinski definition) is 0. The SMILES string of the molecule is Cc1cc(-c2cnc3cccc(-c4ccc(CN5CCOCC5)c(F)c4)c3n2)ccc1C(=O)N(C)C. The van der Waals surface area contributed by atoms with Crippen molar-refractivity contribution in [1.29, 1.82) is 0 Å². The summed E-state index contributed by atoms with van der Waals surface area (Å²) in [6.45, 7) is 5.48. The van der Waals surface area contributed by atoms with Crippen LogP contribution in [0, 0.1) is 12.7 Å². The third-order valence-electron chi connectivity index (χ3n) is 6.59. The number of para-hydroxylation sites is 1. The van der Waals surface area contributed by atoms with Crippen LogP contribution < -0.4 is 0 Å². The van der Waals surface area contributed by atoms with E-state index in [4.69, 9.17) is 9.72 Å². The largest absolute Gasteiger partial charge is 0.379 e. The fourth-order valence-corrected chi connectivity index (χ4v) is 4.55. The van der Waals surface area contributed by atoms with Crippen molar-refractivity contribution < 1.29 is 13.9 Å².